The summed E-state index contributed by atoms with van der Waals surface area (Å²) in [7, 11) is 0. The molecule has 0 saturated heterocycles. The molecule has 0 radical (unpaired) electrons. The van der Waals surface area contributed by atoms with Crippen LogP contribution in [0.1, 0.15) is 10.4 Å². The Kier molecular flexibility index (Phi) is 2.81. The predicted molar refractivity (Wildman–Crippen MR) is 89.6 cm³/mol. The molecule has 94 valence electrons. The fourth-order valence-electron chi connectivity index (χ4n) is 2.21. The van der Waals surface area contributed by atoms with E-state index < -0.39 is 0 Å². The topological polar surface area (TPSA) is 0 Å². The monoisotopic (exact) mass is 290 g/mol. The van der Waals surface area contributed by atoms with E-state index in [2.05, 4.69) is 41.5 Å². The minimum atomic E-state index is 1.06. The zero-order valence-electron chi connectivity index (χ0n) is 10.6. The summed E-state index contributed by atoms with van der Waals surface area (Å²) in [6.45, 7) is 0. The fourth-order valence-corrected chi connectivity index (χ4v) is 3.98. The lowest BCUT2D eigenvalue weighted by Gasteiger charge is -1.89. The molecule has 20 heavy (non-hydrogen) atoms. The van der Waals surface area contributed by atoms with Gasteiger partial charge in [0.15, 0.2) is 0 Å². The van der Waals surface area contributed by atoms with Crippen LogP contribution in [0.3, 0.4) is 0 Å². The highest BCUT2D eigenvalue weighted by Gasteiger charge is 2.03. The van der Waals surface area contributed by atoms with Crippen LogP contribution < -0.4 is 0 Å². The van der Waals surface area contributed by atoms with E-state index in [-0.39, 0.29) is 0 Å². The van der Waals surface area contributed by atoms with E-state index in [4.69, 9.17) is 0 Å². The fraction of sp³-hybridized carbons (Fsp3) is 0. The SMILES string of the molecule is C(#Cc1cc2cc3sccc3cc2s1)c1ccccc1. The molecule has 2 heteroatoms. The Morgan fingerprint density at radius 2 is 1.60 bits per heavy atom. The summed E-state index contributed by atoms with van der Waals surface area (Å²) in [5, 5.41) is 4.76. The quantitative estimate of drug-likeness (QED) is 0.374. The lowest BCUT2D eigenvalue weighted by molar-refractivity contribution is 1.65. The van der Waals surface area contributed by atoms with Gasteiger partial charge in [0.05, 0.1) is 4.88 Å². The first-order chi connectivity index (χ1) is 9.88. The zero-order valence-corrected chi connectivity index (χ0v) is 12.2. The Bertz CT molecular complexity index is 899. The van der Waals surface area contributed by atoms with Crippen LogP contribution in [0.4, 0.5) is 0 Å². The van der Waals surface area contributed by atoms with Crippen molar-refractivity contribution in [2.75, 3.05) is 0 Å². The van der Waals surface area contributed by atoms with Gasteiger partial charge in [-0.05, 0) is 52.6 Å². The number of hydrogen-bond acceptors (Lipinski definition) is 2. The van der Waals surface area contributed by atoms with Crippen molar-refractivity contribution < 1.29 is 0 Å². The molecule has 0 amide bonds. The van der Waals surface area contributed by atoms with E-state index >= 15 is 0 Å². The Morgan fingerprint density at radius 1 is 0.750 bits per heavy atom. The third-order valence-corrected chi connectivity index (χ3v) is 5.09. The first-order valence-electron chi connectivity index (χ1n) is 6.36. The van der Waals surface area contributed by atoms with E-state index in [1.54, 1.807) is 22.7 Å². The highest BCUT2D eigenvalue weighted by atomic mass is 32.1. The van der Waals surface area contributed by atoms with Gasteiger partial charge in [-0.1, -0.05) is 30.0 Å². The van der Waals surface area contributed by atoms with Crippen molar-refractivity contribution in [2.24, 2.45) is 0 Å². The maximum Gasteiger partial charge on any atom is 0.0784 e. The summed E-state index contributed by atoms with van der Waals surface area (Å²) in [5.74, 6) is 6.49. The summed E-state index contributed by atoms with van der Waals surface area (Å²) in [4.78, 5) is 1.13. The average Bonchev–Trinajstić information content (AvgIpc) is 3.08. The molecule has 2 aromatic heterocycles. The van der Waals surface area contributed by atoms with Gasteiger partial charge >= 0.3 is 0 Å². The summed E-state index contributed by atoms with van der Waals surface area (Å²) in [5.41, 5.74) is 1.06. The maximum atomic E-state index is 3.27. The van der Waals surface area contributed by atoms with E-state index in [9.17, 15) is 0 Å². The molecule has 0 atom stereocenters. The Morgan fingerprint density at radius 3 is 2.50 bits per heavy atom. The number of fused-ring (bicyclic) bond motifs is 2. The largest absolute Gasteiger partial charge is 0.144 e. The van der Waals surface area contributed by atoms with Crippen LogP contribution in [0, 0.1) is 11.8 Å². The molecule has 2 heterocycles. The first-order valence-corrected chi connectivity index (χ1v) is 8.06. The first kappa shape index (κ1) is 11.7. The molecule has 0 saturated carbocycles. The van der Waals surface area contributed by atoms with Crippen molar-refractivity contribution in [1.29, 1.82) is 0 Å². The normalized spacial score (nSPS) is 10.6. The van der Waals surface area contributed by atoms with Crippen molar-refractivity contribution in [1.82, 2.24) is 0 Å². The highest BCUT2D eigenvalue weighted by Crippen LogP contribution is 2.31. The summed E-state index contributed by atoms with van der Waals surface area (Å²) in [6, 6.07) is 19.0. The molecule has 0 aliphatic carbocycles. The summed E-state index contributed by atoms with van der Waals surface area (Å²) in [6.07, 6.45) is 0. The van der Waals surface area contributed by atoms with Crippen LogP contribution in [0.25, 0.3) is 20.2 Å². The minimum Gasteiger partial charge on any atom is -0.144 e. The molecule has 0 aliphatic heterocycles. The second kappa shape index (κ2) is 4.79. The van der Waals surface area contributed by atoms with Crippen LogP contribution in [-0.4, -0.2) is 0 Å². The lowest BCUT2D eigenvalue weighted by atomic mass is 10.2. The van der Waals surface area contributed by atoms with Crippen LogP contribution in [0.15, 0.2) is 60.0 Å². The Hall–Kier alpha value is -2.08. The van der Waals surface area contributed by atoms with Gasteiger partial charge in [0, 0.05) is 15.0 Å². The van der Waals surface area contributed by atoms with Gasteiger partial charge in [0.2, 0.25) is 0 Å². The standard InChI is InChI=1S/C18H10S2/c1-2-4-13(5-3-1)6-7-16-10-15-12-17-14(8-9-19-17)11-18(15)20-16/h1-5,8-12H. The van der Waals surface area contributed by atoms with E-state index in [0.29, 0.717) is 0 Å². The van der Waals surface area contributed by atoms with Crippen LogP contribution in [0.2, 0.25) is 0 Å². The van der Waals surface area contributed by atoms with Crippen molar-refractivity contribution >= 4 is 42.8 Å². The lowest BCUT2D eigenvalue weighted by Crippen LogP contribution is -1.70. The van der Waals surface area contributed by atoms with Crippen molar-refractivity contribution in [3.8, 4) is 11.8 Å². The minimum absolute atomic E-state index is 1.06. The van der Waals surface area contributed by atoms with Gasteiger partial charge in [-0.3, -0.25) is 0 Å². The maximum absolute atomic E-state index is 3.27. The smallest absolute Gasteiger partial charge is 0.0784 e. The number of benzene rings is 2. The highest BCUT2D eigenvalue weighted by molar-refractivity contribution is 7.20. The van der Waals surface area contributed by atoms with Gasteiger partial charge in [0.25, 0.3) is 0 Å². The molecular weight excluding hydrogens is 280 g/mol. The van der Waals surface area contributed by atoms with Crippen LogP contribution in [0.5, 0.6) is 0 Å². The molecule has 0 spiro atoms. The van der Waals surface area contributed by atoms with E-state index in [1.165, 1.54) is 20.2 Å². The molecule has 4 rings (SSSR count). The number of rotatable bonds is 0. The van der Waals surface area contributed by atoms with E-state index in [0.717, 1.165) is 10.4 Å². The van der Waals surface area contributed by atoms with Crippen molar-refractivity contribution in [3.63, 3.8) is 0 Å². The van der Waals surface area contributed by atoms with Gasteiger partial charge < -0.3 is 0 Å². The molecule has 0 nitrogen and oxygen atoms in total. The van der Waals surface area contributed by atoms with Gasteiger partial charge in [-0.2, -0.15) is 0 Å². The second-order valence-electron chi connectivity index (χ2n) is 4.58. The molecular formula is C18H10S2. The van der Waals surface area contributed by atoms with E-state index in [1.807, 2.05) is 30.3 Å². The zero-order chi connectivity index (χ0) is 13.4. The summed E-state index contributed by atoms with van der Waals surface area (Å²) < 4.78 is 2.66. The summed E-state index contributed by atoms with van der Waals surface area (Å²) >= 11 is 3.56. The molecule has 0 N–H and O–H groups in total. The molecule has 4 aromatic rings. The number of hydrogen-bond donors (Lipinski definition) is 0. The van der Waals surface area contributed by atoms with Crippen LogP contribution >= 0.6 is 22.7 Å². The Balaban J connectivity index is 1.79. The molecule has 0 bridgehead atoms. The predicted octanol–water partition coefficient (Wildman–Crippen LogP) is 5.52. The molecule has 0 unspecified atom stereocenters. The second-order valence-corrected chi connectivity index (χ2v) is 6.61. The van der Waals surface area contributed by atoms with Gasteiger partial charge in [-0.25, -0.2) is 0 Å². The van der Waals surface area contributed by atoms with Crippen molar-refractivity contribution in [3.05, 3.63) is 70.4 Å². The third-order valence-electron chi connectivity index (χ3n) is 3.20. The molecule has 2 aromatic carbocycles. The van der Waals surface area contributed by atoms with Gasteiger partial charge in [-0.15, -0.1) is 22.7 Å². The molecule has 0 fully saturated rings. The average molecular weight is 290 g/mol. The Labute approximate surface area is 125 Å². The number of thiophene rings is 2. The molecule has 0 aliphatic rings. The van der Waals surface area contributed by atoms with Crippen molar-refractivity contribution in [2.45, 2.75) is 0 Å². The van der Waals surface area contributed by atoms with Gasteiger partial charge in [0.1, 0.15) is 0 Å². The third kappa shape index (κ3) is 2.12. The van der Waals surface area contributed by atoms with Crippen LogP contribution in [-0.2, 0) is 0 Å².